The zero-order chi connectivity index (χ0) is 14.8. The lowest BCUT2D eigenvalue weighted by atomic mass is 10.0. The summed E-state index contributed by atoms with van der Waals surface area (Å²) in [6, 6.07) is 4.31. The minimum atomic E-state index is -0.411. The summed E-state index contributed by atoms with van der Waals surface area (Å²) in [4.78, 5) is 5.40. The van der Waals surface area contributed by atoms with Crippen molar-refractivity contribution < 1.29 is 9.13 Å². The van der Waals surface area contributed by atoms with Crippen LogP contribution in [0.5, 0.6) is 5.75 Å². The summed E-state index contributed by atoms with van der Waals surface area (Å²) < 4.78 is 21.3. The average molecular weight is 306 g/mol. The van der Waals surface area contributed by atoms with Crippen LogP contribution in [0.15, 0.2) is 36.0 Å². The second-order valence-corrected chi connectivity index (χ2v) is 5.48. The summed E-state index contributed by atoms with van der Waals surface area (Å²) >= 11 is 1.55. The second-order valence-electron chi connectivity index (χ2n) is 4.60. The Labute approximate surface area is 125 Å². The van der Waals surface area contributed by atoms with Gasteiger partial charge in [-0.2, -0.15) is 0 Å². The highest BCUT2D eigenvalue weighted by molar-refractivity contribution is 7.15. The van der Waals surface area contributed by atoms with Crippen molar-refractivity contribution >= 4 is 16.3 Å². The fourth-order valence-corrected chi connectivity index (χ4v) is 3.08. The number of nitrogens with two attached hydrogens (primary N) is 1. The molecule has 0 aliphatic rings. The Hall–Kier alpha value is -1.96. The van der Waals surface area contributed by atoms with E-state index in [9.17, 15) is 4.39 Å². The Balaban J connectivity index is 1.93. The van der Waals surface area contributed by atoms with E-state index in [0.29, 0.717) is 17.7 Å². The van der Waals surface area contributed by atoms with Crippen LogP contribution in [0.25, 0.3) is 4.96 Å². The minimum Gasteiger partial charge on any atom is -0.496 e. The highest BCUT2D eigenvalue weighted by Crippen LogP contribution is 2.29. The molecule has 1 atom stereocenters. The summed E-state index contributed by atoms with van der Waals surface area (Å²) in [5, 5.41) is 1.96. The first-order chi connectivity index (χ1) is 10.2. The summed E-state index contributed by atoms with van der Waals surface area (Å²) in [5.74, 6) is 5.73. The monoisotopic (exact) mass is 306 g/mol. The first-order valence-electron chi connectivity index (χ1n) is 6.42. The third-order valence-corrected chi connectivity index (χ3v) is 4.11. The molecule has 3 rings (SSSR count). The average Bonchev–Trinajstić information content (AvgIpc) is 3.06. The molecule has 1 aromatic carbocycles. The predicted molar refractivity (Wildman–Crippen MR) is 79.8 cm³/mol. The number of nitrogens with one attached hydrogen (secondary N) is 1. The van der Waals surface area contributed by atoms with Gasteiger partial charge in [0.05, 0.1) is 18.8 Å². The zero-order valence-electron chi connectivity index (χ0n) is 11.4. The van der Waals surface area contributed by atoms with E-state index >= 15 is 0 Å². The van der Waals surface area contributed by atoms with Crippen LogP contribution in [-0.2, 0) is 6.42 Å². The summed E-state index contributed by atoms with van der Waals surface area (Å²) in [5.41, 5.74) is 3.91. The van der Waals surface area contributed by atoms with E-state index in [4.69, 9.17) is 10.6 Å². The van der Waals surface area contributed by atoms with Crippen LogP contribution in [-0.4, -0.2) is 16.5 Å². The SMILES string of the molecule is COc1cccc(F)c1C(Cc1cn2ccsc2n1)NN. The van der Waals surface area contributed by atoms with Gasteiger partial charge in [0.2, 0.25) is 0 Å². The zero-order valence-corrected chi connectivity index (χ0v) is 12.2. The van der Waals surface area contributed by atoms with Gasteiger partial charge < -0.3 is 4.74 Å². The number of aromatic nitrogens is 2. The van der Waals surface area contributed by atoms with Crippen molar-refractivity contribution in [3.63, 3.8) is 0 Å². The molecule has 0 aliphatic heterocycles. The Morgan fingerprint density at radius 1 is 1.52 bits per heavy atom. The number of benzene rings is 1. The molecule has 110 valence electrons. The van der Waals surface area contributed by atoms with E-state index in [0.717, 1.165) is 10.7 Å². The second kappa shape index (κ2) is 5.80. The van der Waals surface area contributed by atoms with Gasteiger partial charge in [-0.25, -0.2) is 9.37 Å². The number of halogens is 1. The lowest BCUT2D eigenvalue weighted by molar-refractivity contribution is 0.390. The van der Waals surface area contributed by atoms with Gasteiger partial charge in [0.1, 0.15) is 11.6 Å². The van der Waals surface area contributed by atoms with Crippen molar-refractivity contribution in [1.29, 1.82) is 0 Å². The smallest absolute Gasteiger partial charge is 0.193 e. The molecular weight excluding hydrogens is 291 g/mol. The van der Waals surface area contributed by atoms with Crippen LogP contribution in [0.1, 0.15) is 17.3 Å². The highest BCUT2D eigenvalue weighted by Gasteiger charge is 2.21. The van der Waals surface area contributed by atoms with Gasteiger partial charge in [0, 0.05) is 29.8 Å². The normalized spacial score (nSPS) is 12.7. The molecule has 0 bridgehead atoms. The summed E-state index contributed by atoms with van der Waals surface area (Å²) in [6.07, 6.45) is 4.33. The standard InChI is InChI=1S/C14H15FN4OS/c1-20-12-4-2-3-10(15)13(12)11(18-16)7-9-8-19-5-6-21-14(19)17-9/h2-6,8,11,18H,7,16H2,1H3. The van der Waals surface area contributed by atoms with Crippen molar-refractivity contribution in [2.45, 2.75) is 12.5 Å². The van der Waals surface area contributed by atoms with Crippen molar-refractivity contribution in [3.8, 4) is 5.75 Å². The molecule has 0 aliphatic carbocycles. The van der Waals surface area contributed by atoms with Crippen molar-refractivity contribution in [2.75, 3.05) is 7.11 Å². The Kier molecular flexibility index (Phi) is 3.87. The number of fused-ring (bicyclic) bond motifs is 1. The number of hydrazine groups is 1. The van der Waals surface area contributed by atoms with Crippen LogP contribution >= 0.6 is 11.3 Å². The topological polar surface area (TPSA) is 64.6 Å². The molecule has 0 amide bonds. The number of thiazole rings is 1. The van der Waals surface area contributed by atoms with Gasteiger partial charge in [-0.3, -0.25) is 15.7 Å². The lowest BCUT2D eigenvalue weighted by Crippen LogP contribution is -2.30. The number of methoxy groups -OCH3 is 1. The first kappa shape index (κ1) is 14.0. The fourth-order valence-electron chi connectivity index (χ4n) is 2.36. The lowest BCUT2D eigenvalue weighted by Gasteiger charge is -2.18. The molecule has 1 unspecified atom stereocenters. The minimum absolute atomic E-state index is 0.349. The van der Waals surface area contributed by atoms with Gasteiger partial charge in [-0.15, -0.1) is 11.3 Å². The Morgan fingerprint density at radius 3 is 3.10 bits per heavy atom. The maximum absolute atomic E-state index is 14.1. The van der Waals surface area contributed by atoms with Gasteiger partial charge >= 0.3 is 0 Å². The van der Waals surface area contributed by atoms with E-state index in [2.05, 4.69) is 10.4 Å². The summed E-state index contributed by atoms with van der Waals surface area (Å²) in [7, 11) is 1.51. The van der Waals surface area contributed by atoms with Gasteiger partial charge in [0.25, 0.3) is 0 Å². The van der Waals surface area contributed by atoms with Crippen LogP contribution in [0.2, 0.25) is 0 Å². The first-order valence-corrected chi connectivity index (χ1v) is 7.30. The van der Waals surface area contributed by atoms with E-state index in [1.54, 1.807) is 23.5 Å². The van der Waals surface area contributed by atoms with Gasteiger partial charge in [-0.1, -0.05) is 6.07 Å². The van der Waals surface area contributed by atoms with E-state index in [1.165, 1.54) is 13.2 Å². The third kappa shape index (κ3) is 2.63. The Morgan fingerprint density at radius 2 is 2.38 bits per heavy atom. The molecule has 5 nitrogen and oxygen atoms in total. The number of nitrogens with zero attached hydrogens (tertiary/aromatic N) is 2. The molecular formula is C14H15FN4OS. The predicted octanol–water partition coefficient (Wildman–Crippen LogP) is 2.29. The van der Waals surface area contributed by atoms with Crippen LogP contribution < -0.4 is 16.0 Å². The molecule has 3 aromatic rings. The van der Waals surface area contributed by atoms with E-state index in [-0.39, 0.29) is 5.82 Å². The fraction of sp³-hybridized carbons (Fsp3) is 0.214. The molecule has 2 aromatic heterocycles. The largest absolute Gasteiger partial charge is 0.496 e. The number of imidazole rings is 1. The molecule has 0 fully saturated rings. The number of rotatable bonds is 5. The summed E-state index contributed by atoms with van der Waals surface area (Å²) in [6.45, 7) is 0. The van der Waals surface area contributed by atoms with Crippen molar-refractivity contribution in [1.82, 2.24) is 14.8 Å². The molecule has 0 radical (unpaired) electrons. The molecule has 0 spiro atoms. The van der Waals surface area contributed by atoms with E-state index in [1.807, 2.05) is 22.2 Å². The molecule has 0 saturated heterocycles. The third-order valence-electron chi connectivity index (χ3n) is 3.34. The van der Waals surface area contributed by atoms with Crippen LogP contribution in [0, 0.1) is 5.82 Å². The highest BCUT2D eigenvalue weighted by atomic mass is 32.1. The van der Waals surface area contributed by atoms with E-state index < -0.39 is 6.04 Å². The number of hydrogen-bond acceptors (Lipinski definition) is 5. The maximum atomic E-state index is 14.1. The molecule has 21 heavy (non-hydrogen) atoms. The maximum Gasteiger partial charge on any atom is 0.193 e. The van der Waals surface area contributed by atoms with Crippen molar-refractivity contribution in [2.24, 2.45) is 5.84 Å². The Bertz CT molecular complexity index is 726. The molecule has 0 saturated carbocycles. The number of ether oxygens (including phenoxy) is 1. The van der Waals surface area contributed by atoms with Crippen molar-refractivity contribution in [3.05, 3.63) is 53.0 Å². The molecule has 7 heteroatoms. The van der Waals surface area contributed by atoms with Gasteiger partial charge in [-0.05, 0) is 12.1 Å². The molecule has 3 N–H and O–H groups in total. The number of hydrogen-bond donors (Lipinski definition) is 2. The quantitative estimate of drug-likeness (QED) is 0.561. The molecule has 2 heterocycles. The van der Waals surface area contributed by atoms with Crippen LogP contribution in [0.3, 0.4) is 0 Å². The van der Waals surface area contributed by atoms with Gasteiger partial charge in [0.15, 0.2) is 4.96 Å². The van der Waals surface area contributed by atoms with Crippen LogP contribution in [0.4, 0.5) is 4.39 Å².